The van der Waals surface area contributed by atoms with Crippen LogP contribution in [0.1, 0.15) is 12.8 Å². The van der Waals surface area contributed by atoms with Crippen LogP contribution in [0.5, 0.6) is 0 Å². The zero-order valence-corrected chi connectivity index (χ0v) is 6.82. The van der Waals surface area contributed by atoms with Crippen molar-refractivity contribution in [1.82, 2.24) is 0 Å². The molecule has 1 aliphatic rings. The van der Waals surface area contributed by atoms with Gasteiger partial charge in [-0.05, 0) is 6.42 Å². The maximum absolute atomic E-state index is 9.28. The lowest BCUT2D eigenvalue weighted by molar-refractivity contribution is -0.284. The Morgan fingerprint density at radius 3 is 2.55 bits per heavy atom. The third kappa shape index (κ3) is 2.13. The van der Waals surface area contributed by atoms with Crippen LogP contribution < -0.4 is 0 Å². The van der Waals surface area contributed by atoms with Gasteiger partial charge >= 0.3 is 0 Å². The Hall–Kier alpha value is -0.160. The molecule has 0 aliphatic carbocycles. The van der Waals surface area contributed by atoms with Crippen molar-refractivity contribution in [3.63, 3.8) is 0 Å². The van der Waals surface area contributed by atoms with E-state index in [2.05, 4.69) is 0 Å². The molecule has 0 aromatic carbocycles. The average Bonchev–Trinajstić information content (AvgIpc) is 2.05. The van der Waals surface area contributed by atoms with Crippen LogP contribution in [0.3, 0.4) is 0 Å². The molecule has 1 N–H and O–H groups in total. The first-order valence-corrected chi connectivity index (χ1v) is 3.67. The van der Waals surface area contributed by atoms with E-state index in [0.717, 1.165) is 6.42 Å². The quantitative estimate of drug-likeness (QED) is 0.625. The van der Waals surface area contributed by atoms with Gasteiger partial charge in [0.05, 0.1) is 0 Å². The van der Waals surface area contributed by atoms with Crippen LogP contribution in [0.15, 0.2) is 0 Å². The number of hydrogen-bond donors (Lipinski definition) is 1. The monoisotopic (exact) mass is 162 g/mol. The summed E-state index contributed by atoms with van der Waals surface area (Å²) in [4.78, 5) is 0. The first-order valence-electron chi connectivity index (χ1n) is 3.67. The van der Waals surface area contributed by atoms with Gasteiger partial charge in [0, 0.05) is 20.6 Å². The molecule has 11 heavy (non-hydrogen) atoms. The SMILES string of the molecule is COC1CC[C@H](O)[C@H](OC)O1. The molecule has 0 spiro atoms. The number of hydrogen-bond acceptors (Lipinski definition) is 4. The van der Waals surface area contributed by atoms with Crippen LogP contribution in [-0.2, 0) is 14.2 Å². The maximum Gasteiger partial charge on any atom is 0.186 e. The Morgan fingerprint density at radius 2 is 2.00 bits per heavy atom. The molecule has 1 rings (SSSR count). The Morgan fingerprint density at radius 1 is 1.27 bits per heavy atom. The van der Waals surface area contributed by atoms with Gasteiger partial charge in [0.1, 0.15) is 6.10 Å². The van der Waals surface area contributed by atoms with Crippen molar-refractivity contribution >= 4 is 0 Å². The van der Waals surface area contributed by atoms with Crippen molar-refractivity contribution < 1.29 is 19.3 Å². The maximum atomic E-state index is 9.28. The molecule has 66 valence electrons. The van der Waals surface area contributed by atoms with Gasteiger partial charge in [0.15, 0.2) is 12.6 Å². The highest BCUT2D eigenvalue weighted by Crippen LogP contribution is 2.19. The minimum atomic E-state index is -0.534. The van der Waals surface area contributed by atoms with Gasteiger partial charge in [-0.2, -0.15) is 0 Å². The second-order valence-electron chi connectivity index (χ2n) is 2.55. The standard InChI is InChI=1S/C7H14O4/c1-9-6-4-3-5(8)7(10-2)11-6/h5-8H,3-4H2,1-2H3/t5-,6?,7+/m0/s1. The van der Waals surface area contributed by atoms with E-state index in [-0.39, 0.29) is 6.29 Å². The lowest BCUT2D eigenvalue weighted by atomic mass is 10.1. The Balaban J connectivity index is 2.37. The van der Waals surface area contributed by atoms with Crippen molar-refractivity contribution in [2.24, 2.45) is 0 Å². The van der Waals surface area contributed by atoms with E-state index < -0.39 is 12.4 Å². The zero-order valence-electron chi connectivity index (χ0n) is 6.82. The predicted octanol–water partition coefficient (Wildman–Crippen LogP) is 0.103. The van der Waals surface area contributed by atoms with Gasteiger partial charge in [-0.1, -0.05) is 0 Å². The highest BCUT2D eigenvalue weighted by molar-refractivity contribution is 4.67. The minimum Gasteiger partial charge on any atom is -0.388 e. The third-order valence-electron chi connectivity index (χ3n) is 1.79. The molecule has 3 atom stereocenters. The van der Waals surface area contributed by atoms with Crippen molar-refractivity contribution in [3.8, 4) is 0 Å². The molecule has 0 bridgehead atoms. The molecule has 4 nitrogen and oxygen atoms in total. The van der Waals surface area contributed by atoms with Crippen molar-refractivity contribution in [3.05, 3.63) is 0 Å². The number of aliphatic hydroxyl groups excluding tert-OH is 1. The smallest absolute Gasteiger partial charge is 0.186 e. The van der Waals surface area contributed by atoms with Crippen molar-refractivity contribution in [2.75, 3.05) is 14.2 Å². The summed E-state index contributed by atoms with van der Waals surface area (Å²) < 4.78 is 15.0. The Bertz CT molecular complexity index is 117. The highest BCUT2D eigenvalue weighted by Gasteiger charge is 2.29. The molecule has 0 saturated carbocycles. The summed E-state index contributed by atoms with van der Waals surface area (Å²) in [5.41, 5.74) is 0. The van der Waals surface area contributed by atoms with Gasteiger partial charge in [0.2, 0.25) is 0 Å². The second-order valence-corrected chi connectivity index (χ2v) is 2.55. The lowest BCUT2D eigenvalue weighted by Crippen LogP contribution is -2.40. The minimum absolute atomic E-state index is 0.233. The summed E-state index contributed by atoms with van der Waals surface area (Å²) in [5.74, 6) is 0. The number of ether oxygens (including phenoxy) is 3. The van der Waals surface area contributed by atoms with E-state index in [9.17, 15) is 5.11 Å². The summed E-state index contributed by atoms with van der Waals surface area (Å²) in [6, 6.07) is 0. The van der Waals surface area contributed by atoms with Crippen molar-refractivity contribution in [1.29, 1.82) is 0 Å². The molecule has 1 saturated heterocycles. The fraction of sp³-hybridized carbons (Fsp3) is 1.00. The summed E-state index contributed by atoms with van der Waals surface area (Å²) in [6.45, 7) is 0. The molecule has 0 amide bonds. The van der Waals surface area contributed by atoms with Gasteiger partial charge in [-0.15, -0.1) is 0 Å². The van der Waals surface area contributed by atoms with Gasteiger partial charge in [-0.25, -0.2) is 0 Å². The molecule has 4 heteroatoms. The second kappa shape index (κ2) is 4.01. The molecule has 0 radical (unpaired) electrons. The summed E-state index contributed by atoms with van der Waals surface area (Å²) in [7, 11) is 3.08. The summed E-state index contributed by atoms with van der Waals surface area (Å²) in [5, 5.41) is 9.28. The molecule has 0 aromatic heterocycles. The van der Waals surface area contributed by atoms with Gasteiger partial charge in [0.25, 0.3) is 0 Å². The average molecular weight is 162 g/mol. The number of methoxy groups -OCH3 is 2. The van der Waals surface area contributed by atoms with Crippen LogP contribution in [0, 0.1) is 0 Å². The van der Waals surface area contributed by atoms with Crippen LogP contribution >= 0.6 is 0 Å². The van der Waals surface area contributed by atoms with Gasteiger partial charge < -0.3 is 19.3 Å². The van der Waals surface area contributed by atoms with E-state index in [0.29, 0.717) is 6.42 Å². The van der Waals surface area contributed by atoms with Crippen molar-refractivity contribution in [2.45, 2.75) is 31.5 Å². The topological polar surface area (TPSA) is 47.9 Å². The molecule has 1 aliphatic heterocycles. The van der Waals surface area contributed by atoms with E-state index >= 15 is 0 Å². The van der Waals surface area contributed by atoms with E-state index in [1.54, 1.807) is 7.11 Å². The van der Waals surface area contributed by atoms with E-state index in [4.69, 9.17) is 14.2 Å². The molecule has 1 fully saturated rings. The number of aliphatic hydroxyl groups is 1. The molecule has 1 heterocycles. The van der Waals surface area contributed by atoms with Crippen LogP contribution in [-0.4, -0.2) is 38.0 Å². The summed E-state index contributed by atoms with van der Waals surface area (Å²) in [6.07, 6.45) is 0.0950. The largest absolute Gasteiger partial charge is 0.388 e. The van der Waals surface area contributed by atoms with Crippen LogP contribution in [0.4, 0.5) is 0 Å². The molecular formula is C7H14O4. The Labute approximate surface area is 66.1 Å². The fourth-order valence-corrected chi connectivity index (χ4v) is 1.14. The predicted molar refractivity (Wildman–Crippen MR) is 37.9 cm³/mol. The first-order chi connectivity index (χ1) is 5.27. The normalized spacial score (nSPS) is 39.0. The zero-order chi connectivity index (χ0) is 8.27. The Kier molecular flexibility index (Phi) is 3.26. The van der Waals surface area contributed by atoms with Crippen LogP contribution in [0.25, 0.3) is 0 Å². The molecule has 0 aromatic rings. The fourth-order valence-electron chi connectivity index (χ4n) is 1.14. The van der Waals surface area contributed by atoms with Gasteiger partial charge in [-0.3, -0.25) is 0 Å². The highest BCUT2D eigenvalue weighted by atomic mass is 16.8. The molecule has 1 unspecified atom stereocenters. The first kappa shape index (κ1) is 8.93. The summed E-state index contributed by atoms with van der Waals surface area (Å²) >= 11 is 0. The van der Waals surface area contributed by atoms with E-state index in [1.807, 2.05) is 0 Å². The molecular weight excluding hydrogens is 148 g/mol. The third-order valence-corrected chi connectivity index (χ3v) is 1.79. The van der Waals surface area contributed by atoms with Crippen LogP contribution in [0.2, 0.25) is 0 Å². The van der Waals surface area contributed by atoms with E-state index in [1.165, 1.54) is 7.11 Å². The number of rotatable bonds is 2. The lowest BCUT2D eigenvalue weighted by Gasteiger charge is -2.31.